The molecule has 1 aliphatic carbocycles. The van der Waals surface area contributed by atoms with E-state index in [9.17, 15) is 4.39 Å². The van der Waals surface area contributed by atoms with Gasteiger partial charge in [-0.2, -0.15) is 5.10 Å². The first-order valence-corrected chi connectivity index (χ1v) is 7.56. The zero-order valence-corrected chi connectivity index (χ0v) is 12.1. The maximum absolute atomic E-state index is 13.4. The second kappa shape index (κ2) is 5.71. The topological polar surface area (TPSA) is 37.3 Å². The van der Waals surface area contributed by atoms with Crippen molar-refractivity contribution in [3.8, 4) is 0 Å². The van der Waals surface area contributed by atoms with Gasteiger partial charge in [0.15, 0.2) is 0 Å². The van der Waals surface area contributed by atoms with Gasteiger partial charge in [0.25, 0.3) is 0 Å². The van der Waals surface area contributed by atoms with Gasteiger partial charge in [-0.25, -0.2) is 9.37 Å². The van der Waals surface area contributed by atoms with E-state index in [0.717, 1.165) is 23.9 Å². The van der Waals surface area contributed by atoms with E-state index in [-0.39, 0.29) is 5.82 Å². The smallest absolute Gasteiger partial charge is 0.203 e. The van der Waals surface area contributed by atoms with Crippen LogP contribution in [0.3, 0.4) is 0 Å². The molecule has 1 aromatic carbocycles. The first-order chi connectivity index (χ1) is 9.72. The molecule has 3 rings (SSSR count). The third-order valence-electron chi connectivity index (χ3n) is 3.46. The van der Waals surface area contributed by atoms with Crippen LogP contribution in [0.25, 0.3) is 0 Å². The number of nitrogens with one attached hydrogen (secondary N) is 1. The SMILES string of the molecule is CC1CCc2nc(N/N=C\c3ccccc3F)sc2C1. The normalized spacial score (nSPS) is 18.2. The van der Waals surface area contributed by atoms with E-state index < -0.39 is 0 Å². The Bertz CT molecular complexity index is 636. The first kappa shape index (κ1) is 13.2. The highest BCUT2D eigenvalue weighted by atomic mass is 32.1. The van der Waals surface area contributed by atoms with Crippen LogP contribution in [-0.2, 0) is 12.8 Å². The van der Waals surface area contributed by atoms with Crippen molar-refractivity contribution < 1.29 is 4.39 Å². The molecule has 0 fully saturated rings. The molecule has 0 bridgehead atoms. The average Bonchev–Trinajstić information content (AvgIpc) is 2.83. The minimum absolute atomic E-state index is 0.273. The standard InChI is InChI=1S/C15H16FN3S/c1-10-6-7-13-14(8-10)20-15(18-13)19-17-9-11-4-2-3-5-12(11)16/h2-5,9-10H,6-8H2,1H3,(H,18,19)/b17-9-. The van der Waals surface area contributed by atoms with Crippen LogP contribution in [0.5, 0.6) is 0 Å². The lowest BCUT2D eigenvalue weighted by Gasteiger charge is -2.15. The molecule has 0 aliphatic heterocycles. The van der Waals surface area contributed by atoms with Gasteiger partial charge in [0.2, 0.25) is 5.13 Å². The number of hydrogen-bond acceptors (Lipinski definition) is 4. The second-order valence-electron chi connectivity index (χ2n) is 5.13. The van der Waals surface area contributed by atoms with Gasteiger partial charge in [-0.1, -0.05) is 25.1 Å². The van der Waals surface area contributed by atoms with Crippen molar-refractivity contribution in [2.45, 2.75) is 26.2 Å². The Balaban J connectivity index is 1.69. The van der Waals surface area contributed by atoms with Crippen molar-refractivity contribution in [3.05, 3.63) is 46.2 Å². The lowest BCUT2D eigenvalue weighted by Crippen LogP contribution is -2.09. The second-order valence-corrected chi connectivity index (χ2v) is 6.21. The van der Waals surface area contributed by atoms with E-state index in [4.69, 9.17) is 0 Å². The lowest BCUT2D eigenvalue weighted by molar-refractivity contribution is 0.502. The molecule has 1 heterocycles. The summed E-state index contributed by atoms with van der Waals surface area (Å²) in [5.41, 5.74) is 4.56. The van der Waals surface area contributed by atoms with Crippen LogP contribution in [0.4, 0.5) is 9.52 Å². The third-order valence-corrected chi connectivity index (χ3v) is 4.48. The van der Waals surface area contributed by atoms with Crippen LogP contribution >= 0.6 is 11.3 Å². The number of aryl methyl sites for hydroxylation is 1. The van der Waals surface area contributed by atoms with Crippen LogP contribution < -0.4 is 5.43 Å². The summed E-state index contributed by atoms with van der Waals surface area (Å²) in [5, 5.41) is 4.86. The van der Waals surface area contributed by atoms with E-state index in [2.05, 4.69) is 22.4 Å². The van der Waals surface area contributed by atoms with Gasteiger partial charge in [-0.3, -0.25) is 5.43 Å². The number of anilines is 1. The van der Waals surface area contributed by atoms with Crippen molar-refractivity contribution in [2.24, 2.45) is 11.0 Å². The maximum atomic E-state index is 13.4. The largest absolute Gasteiger partial charge is 0.253 e. The molecular formula is C15H16FN3S. The predicted molar refractivity (Wildman–Crippen MR) is 80.9 cm³/mol. The first-order valence-electron chi connectivity index (χ1n) is 6.74. The summed E-state index contributed by atoms with van der Waals surface area (Å²) in [6.07, 6.45) is 4.84. The van der Waals surface area contributed by atoms with Gasteiger partial charge >= 0.3 is 0 Å². The molecular weight excluding hydrogens is 273 g/mol. The quantitative estimate of drug-likeness (QED) is 0.688. The number of aromatic nitrogens is 1. The Kier molecular flexibility index (Phi) is 3.78. The van der Waals surface area contributed by atoms with Crippen molar-refractivity contribution in [1.82, 2.24) is 4.98 Å². The summed E-state index contributed by atoms with van der Waals surface area (Å²) in [4.78, 5) is 5.89. The molecule has 0 spiro atoms. The fourth-order valence-corrected chi connectivity index (χ4v) is 3.45. The summed E-state index contributed by atoms with van der Waals surface area (Å²) in [6.45, 7) is 2.27. The molecule has 20 heavy (non-hydrogen) atoms. The molecule has 2 aromatic rings. The van der Waals surface area contributed by atoms with Gasteiger partial charge in [-0.05, 0) is 31.2 Å². The van der Waals surface area contributed by atoms with Gasteiger partial charge < -0.3 is 0 Å². The van der Waals surface area contributed by atoms with E-state index >= 15 is 0 Å². The summed E-state index contributed by atoms with van der Waals surface area (Å²) in [7, 11) is 0. The lowest BCUT2D eigenvalue weighted by atomic mass is 9.93. The van der Waals surface area contributed by atoms with Crippen LogP contribution in [0, 0.1) is 11.7 Å². The Labute approximate surface area is 121 Å². The molecule has 0 amide bonds. The number of halogens is 1. The summed E-state index contributed by atoms with van der Waals surface area (Å²) < 4.78 is 13.4. The zero-order chi connectivity index (χ0) is 13.9. The molecule has 0 saturated heterocycles. The number of hydrazone groups is 1. The summed E-state index contributed by atoms with van der Waals surface area (Å²) >= 11 is 1.65. The number of thiazole rings is 1. The van der Waals surface area contributed by atoms with Crippen molar-refractivity contribution in [1.29, 1.82) is 0 Å². The van der Waals surface area contributed by atoms with Crippen LogP contribution in [0.15, 0.2) is 29.4 Å². The highest BCUT2D eigenvalue weighted by molar-refractivity contribution is 7.15. The van der Waals surface area contributed by atoms with Gasteiger partial charge in [0.05, 0.1) is 11.9 Å². The molecule has 3 nitrogen and oxygen atoms in total. The van der Waals surface area contributed by atoms with Crippen molar-refractivity contribution >= 4 is 22.7 Å². The third kappa shape index (κ3) is 2.88. The molecule has 1 N–H and O–H groups in total. The number of fused-ring (bicyclic) bond motifs is 1. The fourth-order valence-electron chi connectivity index (χ4n) is 2.32. The summed E-state index contributed by atoms with van der Waals surface area (Å²) in [6, 6.07) is 6.56. The fraction of sp³-hybridized carbons (Fsp3) is 0.333. The highest BCUT2D eigenvalue weighted by Crippen LogP contribution is 2.31. The Morgan fingerprint density at radius 3 is 3.15 bits per heavy atom. The Hall–Kier alpha value is -1.75. The Morgan fingerprint density at radius 1 is 1.45 bits per heavy atom. The maximum Gasteiger partial charge on any atom is 0.203 e. The molecule has 0 radical (unpaired) electrons. The van der Waals surface area contributed by atoms with Gasteiger partial charge in [0, 0.05) is 10.4 Å². The van der Waals surface area contributed by atoms with Gasteiger partial charge in [0.1, 0.15) is 5.82 Å². The number of hydrogen-bond donors (Lipinski definition) is 1. The molecule has 1 atom stereocenters. The number of nitrogens with zero attached hydrogens (tertiary/aromatic N) is 2. The molecule has 1 aliphatic rings. The molecule has 1 aromatic heterocycles. The van der Waals surface area contributed by atoms with E-state index in [1.165, 1.54) is 29.3 Å². The van der Waals surface area contributed by atoms with E-state index in [0.29, 0.717) is 5.56 Å². The number of rotatable bonds is 3. The monoisotopic (exact) mass is 289 g/mol. The highest BCUT2D eigenvalue weighted by Gasteiger charge is 2.19. The predicted octanol–water partition coefficient (Wildman–Crippen LogP) is 3.85. The van der Waals surface area contributed by atoms with Crippen LogP contribution in [-0.4, -0.2) is 11.2 Å². The van der Waals surface area contributed by atoms with Crippen molar-refractivity contribution in [2.75, 3.05) is 5.43 Å². The summed E-state index contributed by atoms with van der Waals surface area (Å²) in [5.74, 6) is 0.461. The van der Waals surface area contributed by atoms with Crippen molar-refractivity contribution in [3.63, 3.8) is 0 Å². The minimum Gasteiger partial charge on any atom is -0.253 e. The minimum atomic E-state index is -0.273. The number of benzene rings is 1. The molecule has 0 saturated carbocycles. The Morgan fingerprint density at radius 2 is 2.30 bits per heavy atom. The van der Waals surface area contributed by atoms with Crippen LogP contribution in [0.2, 0.25) is 0 Å². The molecule has 104 valence electrons. The molecule has 1 unspecified atom stereocenters. The molecule has 5 heteroatoms. The van der Waals surface area contributed by atoms with Gasteiger partial charge in [-0.15, -0.1) is 11.3 Å². The van der Waals surface area contributed by atoms with E-state index in [1.807, 2.05) is 0 Å². The average molecular weight is 289 g/mol. The van der Waals surface area contributed by atoms with E-state index in [1.54, 1.807) is 29.5 Å². The zero-order valence-electron chi connectivity index (χ0n) is 11.3. The van der Waals surface area contributed by atoms with Crippen LogP contribution in [0.1, 0.15) is 29.5 Å².